The van der Waals surface area contributed by atoms with E-state index in [0.29, 0.717) is 23.0 Å². The Hall–Kier alpha value is -2.27. The summed E-state index contributed by atoms with van der Waals surface area (Å²) < 4.78 is 5.05. The third-order valence-corrected chi connectivity index (χ3v) is 3.00. The van der Waals surface area contributed by atoms with Crippen molar-refractivity contribution in [3.05, 3.63) is 63.2 Å². The summed E-state index contributed by atoms with van der Waals surface area (Å²) in [6.07, 6.45) is 0. The third kappa shape index (κ3) is 3.61. The number of non-ortho nitro benzene ring substituents is 1. The van der Waals surface area contributed by atoms with E-state index in [-0.39, 0.29) is 5.69 Å². The zero-order valence-electron chi connectivity index (χ0n) is 10.8. The first-order valence-electron chi connectivity index (χ1n) is 5.90. The van der Waals surface area contributed by atoms with Gasteiger partial charge in [-0.15, -0.1) is 0 Å². The molecule has 20 heavy (non-hydrogen) atoms. The Morgan fingerprint density at radius 1 is 1.25 bits per heavy atom. The minimum Gasteiger partial charge on any atom is -0.496 e. The van der Waals surface area contributed by atoms with Crippen molar-refractivity contribution in [2.45, 2.75) is 6.54 Å². The topological polar surface area (TPSA) is 64.4 Å². The Labute approximate surface area is 121 Å². The number of hydrogen-bond donors (Lipinski definition) is 1. The largest absolute Gasteiger partial charge is 0.496 e. The van der Waals surface area contributed by atoms with Crippen LogP contribution in [-0.2, 0) is 6.54 Å². The van der Waals surface area contributed by atoms with Crippen LogP contribution in [0.3, 0.4) is 0 Å². The van der Waals surface area contributed by atoms with Crippen LogP contribution in [-0.4, -0.2) is 12.0 Å². The second kappa shape index (κ2) is 6.25. The van der Waals surface area contributed by atoms with Crippen LogP contribution < -0.4 is 10.1 Å². The fourth-order valence-electron chi connectivity index (χ4n) is 1.72. The number of nitrogens with one attached hydrogen (secondary N) is 1. The SMILES string of the molecule is COc1cc(NCc2ccc(Cl)cc2)cc([N+](=O)[O-])c1. The van der Waals surface area contributed by atoms with Gasteiger partial charge in [0.1, 0.15) is 5.75 Å². The fourth-order valence-corrected chi connectivity index (χ4v) is 1.84. The lowest BCUT2D eigenvalue weighted by Gasteiger charge is -2.08. The summed E-state index contributed by atoms with van der Waals surface area (Å²) in [5, 5.41) is 14.6. The first-order chi connectivity index (χ1) is 9.58. The second-order valence-corrected chi connectivity index (χ2v) is 4.59. The van der Waals surface area contributed by atoms with Crippen molar-refractivity contribution in [1.29, 1.82) is 0 Å². The predicted octanol–water partition coefficient (Wildman–Crippen LogP) is 3.87. The molecule has 0 saturated heterocycles. The number of halogens is 1. The van der Waals surface area contributed by atoms with E-state index in [9.17, 15) is 10.1 Å². The normalized spacial score (nSPS) is 10.1. The van der Waals surface area contributed by atoms with E-state index in [2.05, 4.69) is 5.32 Å². The molecule has 6 heteroatoms. The van der Waals surface area contributed by atoms with Gasteiger partial charge in [0, 0.05) is 29.4 Å². The number of nitro groups is 1. The van der Waals surface area contributed by atoms with Gasteiger partial charge in [-0.25, -0.2) is 0 Å². The van der Waals surface area contributed by atoms with Crippen LogP contribution in [0.1, 0.15) is 5.56 Å². The molecule has 0 aliphatic rings. The van der Waals surface area contributed by atoms with E-state index in [1.54, 1.807) is 18.2 Å². The van der Waals surface area contributed by atoms with Gasteiger partial charge >= 0.3 is 0 Å². The summed E-state index contributed by atoms with van der Waals surface area (Å²) in [4.78, 5) is 10.4. The molecule has 0 aliphatic heterocycles. The molecular formula is C14H13ClN2O3. The standard InChI is InChI=1S/C14H13ClN2O3/c1-20-14-7-12(6-13(8-14)17(18)19)16-9-10-2-4-11(15)5-3-10/h2-8,16H,9H2,1H3. The van der Waals surface area contributed by atoms with Gasteiger partial charge in [-0.3, -0.25) is 10.1 Å². The van der Waals surface area contributed by atoms with Crippen LogP contribution in [0.15, 0.2) is 42.5 Å². The summed E-state index contributed by atoms with van der Waals surface area (Å²) in [7, 11) is 1.47. The molecule has 0 aromatic heterocycles. The van der Waals surface area contributed by atoms with Gasteiger partial charge in [0.15, 0.2) is 0 Å². The lowest BCUT2D eigenvalue weighted by Crippen LogP contribution is -2.00. The molecule has 5 nitrogen and oxygen atoms in total. The lowest BCUT2D eigenvalue weighted by atomic mass is 10.2. The zero-order valence-corrected chi connectivity index (χ0v) is 11.6. The molecule has 0 fully saturated rings. The summed E-state index contributed by atoms with van der Waals surface area (Å²) >= 11 is 5.81. The molecule has 0 unspecified atom stereocenters. The van der Waals surface area contributed by atoms with Crippen molar-refractivity contribution >= 4 is 23.0 Å². The molecule has 0 amide bonds. The Kier molecular flexibility index (Phi) is 4.42. The number of benzene rings is 2. The molecule has 1 N–H and O–H groups in total. The third-order valence-electron chi connectivity index (χ3n) is 2.75. The van der Waals surface area contributed by atoms with E-state index < -0.39 is 4.92 Å². The Balaban J connectivity index is 2.14. The van der Waals surface area contributed by atoms with E-state index in [0.717, 1.165) is 5.56 Å². The lowest BCUT2D eigenvalue weighted by molar-refractivity contribution is -0.384. The van der Waals surface area contributed by atoms with Gasteiger partial charge < -0.3 is 10.1 Å². The molecule has 2 aromatic rings. The molecule has 0 heterocycles. The zero-order chi connectivity index (χ0) is 14.5. The van der Waals surface area contributed by atoms with Crippen LogP contribution in [0.5, 0.6) is 5.75 Å². The van der Waals surface area contributed by atoms with Gasteiger partial charge in [-0.05, 0) is 17.7 Å². The van der Waals surface area contributed by atoms with Crippen LogP contribution in [0.2, 0.25) is 5.02 Å². The van der Waals surface area contributed by atoms with Crippen LogP contribution in [0, 0.1) is 10.1 Å². The monoisotopic (exact) mass is 292 g/mol. The summed E-state index contributed by atoms with van der Waals surface area (Å²) in [5.41, 5.74) is 1.65. The second-order valence-electron chi connectivity index (χ2n) is 4.16. The summed E-state index contributed by atoms with van der Waals surface area (Å²) in [5.74, 6) is 0.442. The fraction of sp³-hybridized carbons (Fsp3) is 0.143. The number of nitrogens with zero attached hydrogens (tertiary/aromatic N) is 1. The first kappa shape index (κ1) is 14.1. The Bertz CT molecular complexity index is 614. The number of hydrogen-bond acceptors (Lipinski definition) is 4. The molecule has 0 saturated carbocycles. The van der Waals surface area contributed by atoms with Crippen LogP contribution in [0.25, 0.3) is 0 Å². The van der Waals surface area contributed by atoms with Crippen LogP contribution in [0.4, 0.5) is 11.4 Å². The average molecular weight is 293 g/mol. The van der Waals surface area contributed by atoms with Gasteiger partial charge in [-0.2, -0.15) is 0 Å². The van der Waals surface area contributed by atoms with E-state index in [1.807, 2.05) is 12.1 Å². The number of ether oxygens (including phenoxy) is 1. The molecular weight excluding hydrogens is 280 g/mol. The van der Waals surface area contributed by atoms with Crippen molar-refractivity contribution in [3.63, 3.8) is 0 Å². The summed E-state index contributed by atoms with van der Waals surface area (Å²) in [6, 6.07) is 11.9. The quantitative estimate of drug-likeness (QED) is 0.671. The maximum absolute atomic E-state index is 10.8. The first-order valence-corrected chi connectivity index (χ1v) is 6.28. The Morgan fingerprint density at radius 2 is 1.95 bits per heavy atom. The van der Waals surface area contributed by atoms with Crippen molar-refractivity contribution in [2.24, 2.45) is 0 Å². The highest BCUT2D eigenvalue weighted by atomic mass is 35.5. The van der Waals surface area contributed by atoms with Crippen molar-refractivity contribution in [2.75, 3.05) is 12.4 Å². The molecule has 104 valence electrons. The molecule has 0 aliphatic carbocycles. The van der Waals surface area contributed by atoms with E-state index in [4.69, 9.17) is 16.3 Å². The minimum atomic E-state index is -0.448. The number of nitro benzene ring substituents is 1. The summed E-state index contributed by atoms with van der Waals surface area (Å²) in [6.45, 7) is 0.543. The predicted molar refractivity (Wildman–Crippen MR) is 78.4 cm³/mol. The number of anilines is 1. The minimum absolute atomic E-state index is 0.0112. The number of methoxy groups -OCH3 is 1. The van der Waals surface area contributed by atoms with Crippen LogP contribution >= 0.6 is 11.6 Å². The van der Waals surface area contributed by atoms with E-state index in [1.165, 1.54) is 19.2 Å². The maximum atomic E-state index is 10.8. The van der Waals surface area contributed by atoms with Gasteiger partial charge in [0.05, 0.1) is 18.1 Å². The highest BCUT2D eigenvalue weighted by Crippen LogP contribution is 2.26. The van der Waals surface area contributed by atoms with Gasteiger partial charge in [0.2, 0.25) is 0 Å². The highest BCUT2D eigenvalue weighted by molar-refractivity contribution is 6.30. The molecule has 2 aromatic carbocycles. The molecule has 2 rings (SSSR count). The number of rotatable bonds is 5. The van der Waals surface area contributed by atoms with Gasteiger partial charge in [0.25, 0.3) is 5.69 Å². The molecule has 0 spiro atoms. The molecule has 0 radical (unpaired) electrons. The molecule has 0 bridgehead atoms. The van der Waals surface area contributed by atoms with Crippen molar-refractivity contribution < 1.29 is 9.66 Å². The highest BCUT2D eigenvalue weighted by Gasteiger charge is 2.10. The van der Waals surface area contributed by atoms with Gasteiger partial charge in [-0.1, -0.05) is 23.7 Å². The maximum Gasteiger partial charge on any atom is 0.275 e. The smallest absolute Gasteiger partial charge is 0.275 e. The van der Waals surface area contributed by atoms with Crippen molar-refractivity contribution in [3.8, 4) is 5.75 Å². The van der Waals surface area contributed by atoms with Crippen molar-refractivity contribution in [1.82, 2.24) is 0 Å². The average Bonchev–Trinajstić information content (AvgIpc) is 2.46. The Morgan fingerprint density at radius 3 is 2.55 bits per heavy atom. The molecule has 0 atom stereocenters. The van der Waals surface area contributed by atoms with E-state index >= 15 is 0 Å².